The Labute approximate surface area is 134 Å². The van der Waals surface area contributed by atoms with Crippen LogP contribution in [0.5, 0.6) is 5.75 Å². The summed E-state index contributed by atoms with van der Waals surface area (Å²) >= 11 is 0. The largest absolute Gasteiger partial charge is 0.481 e. The number of ether oxygens (including phenoxy) is 2. The molecule has 2 aromatic rings. The van der Waals surface area contributed by atoms with Gasteiger partial charge < -0.3 is 9.47 Å². The molecule has 0 saturated carbocycles. The van der Waals surface area contributed by atoms with Gasteiger partial charge >= 0.3 is 6.09 Å². The van der Waals surface area contributed by atoms with Crippen molar-refractivity contribution in [2.24, 2.45) is 0 Å². The third kappa shape index (κ3) is 4.74. The molecule has 0 bridgehead atoms. The molecule has 1 unspecified atom stereocenters. The molecule has 6 heteroatoms. The molecule has 0 saturated heterocycles. The quantitative estimate of drug-likeness (QED) is 0.850. The molecule has 6 nitrogen and oxygen atoms in total. The van der Waals surface area contributed by atoms with Crippen molar-refractivity contribution < 1.29 is 19.1 Å². The van der Waals surface area contributed by atoms with Gasteiger partial charge in [-0.2, -0.15) is 0 Å². The third-order valence-corrected chi connectivity index (χ3v) is 3.12. The Morgan fingerprint density at radius 2 is 1.52 bits per heavy atom. The average Bonchev–Trinajstić information content (AvgIpc) is 2.60. The lowest BCUT2D eigenvalue weighted by atomic mass is 10.1. The number of carbonyl (C=O) groups is 2. The van der Waals surface area contributed by atoms with Gasteiger partial charge in [0.2, 0.25) is 0 Å². The Morgan fingerprint density at radius 3 is 2.13 bits per heavy atom. The molecular formula is C17H18N2O4. The highest BCUT2D eigenvalue weighted by atomic mass is 16.5. The molecule has 2 amide bonds. The maximum atomic E-state index is 11.7. The Balaban J connectivity index is 1.92. The summed E-state index contributed by atoms with van der Waals surface area (Å²) in [6.07, 6.45) is -1.52. The highest BCUT2D eigenvalue weighted by Gasteiger charge is 2.15. The molecule has 0 radical (unpaired) electrons. The predicted octanol–water partition coefficient (Wildman–Crippen LogP) is 2.51. The van der Waals surface area contributed by atoms with E-state index < -0.39 is 18.1 Å². The minimum Gasteiger partial charge on any atom is -0.481 e. The highest BCUT2D eigenvalue weighted by Crippen LogP contribution is 2.22. The molecule has 1 atom stereocenters. The standard InChI is InChI=1S/C17H18N2O4/c1-12(16(20)18-19-17(21)22-2)23-15-10-8-14(9-11-15)13-6-4-3-5-7-13/h3-12H,1-2H3,(H,18,20)(H,19,21). The van der Waals surface area contributed by atoms with E-state index in [2.05, 4.69) is 15.6 Å². The molecule has 0 aliphatic rings. The van der Waals surface area contributed by atoms with Gasteiger partial charge in [-0.3, -0.25) is 10.2 Å². The number of nitrogens with one attached hydrogen (secondary N) is 2. The summed E-state index contributed by atoms with van der Waals surface area (Å²) in [6.45, 7) is 1.58. The molecule has 0 fully saturated rings. The molecule has 0 heterocycles. The zero-order chi connectivity index (χ0) is 16.7. The number of hydrazine groups is 1. The monoisotopic (exact) mass is 314 g/mol. The zero-order valence-electron chi connectivity index (χ0n) is 12.9. The van der Waals surface area contributed by atoms with Crippen LogP contribution in [-0.4, -0.2) is 25.2 Å². The van der Waals surface area contributed by atoms with Gasteiger partial charge in [-0.15, -0.1) is 0 Å². The van der Waals surface area contributed by atoms with Crippen LogP contribution in [0.4, 0.5) is 4.79 Å². The number of benzene rings is 2. The first-order chi connectivity index (χ1) is 11.1. The van der Waals surface area contributed by atoms with Gasteiger partial charge in [-0.05, 0) is 30.2 Å². The minimum atomic E-state index is -0.769. The van der Waals surface area contributed by atoms with E-state index in [0.29, 0.717) is 5.75 Å². The van der Waals surface area contributed by atoms with Crippen LogP contribution < -0.4 is 15.6 Å². The van der Waals surface area contributed by atoms with Crippen molar-refractivity contribution in [3.8, 4) is 16.9 Å². The molecule has 120 valence electrons. The number of methoxy groups -OCH3 is 1. The summed E-state index contributed by atoms with van der Waals surface area (Å²) in [7, 11) is 1.20. The van der Waals surface area contributed by atoms with E-state index in [-0.39, 0.29) is 0 Å². The number of hydrogen-bond donors (Lipinski definition) is 2. The Kier molecular flexibility index (Phi) is 5.57. The maximum absolute atomic E-state index is 11.7. The second kappa shape index (κ2) is 7.84. The number of rotatable bonds is 4. The summed E-state index contributed by atoms with van der Waals surface area (Å²) in [5.41, 5.74) is 6.45. The highest BCUT2D eigenvalue weighted by molar-refractivity contribution is 5.82. The van der Waals surface area contributed by atoms with Gasteiger partial charge in [0.1, 0.15) is 5.75 Å². The van der Waals surface area contributed by atoms with Crippen molar-refractivity contribution in [2.45, 2.75) is 13.0 Å². The van der Waals surface area contributed by atoms with Gasteiger partial charge in [0.15, 0.2) is 6.10 Å². The summed E-state index contributed by atoms with van der Waals surface area (Å²) in [5, 5.41) is 0. The molecule has 2 N–H and O–H groups in total. The lowest BCUT2D eigenvalue weighted by Crippen LogP contribution is -2.47. The fourth-order valence-corrected chi connectivity index (χ4v) is 1.88. The van der Waals surface area contributed by atoms with E-state index in [4.69, 9.17) is 4.74 Å². The number of hydrogen-bond acceptors (Lipinski definition) is 4. The van der Waals surface area contributed by atoms with Crippen molar-refractivity contribution in [1.29, 1.82) is 0 Å². The van der Waals surface area contributed by atoms with E-state index in [1.807, 2.05) is 42.5 Å². The average molecular weight is 314 g/mol. The third-order valence-electron chi connectivity index (χ3n) is 3.12. The van der Waals surface area contributed by atoms with Crippen LogP contribution in [0.3, 0.4) is 0 Å². The fraction of sp³-hybridized carbons (Fsp3) is 0.176. The second-order valence-electron chi connectivity index (χ2n) is 4.76. The van der Waals surface area contributed by atoms with Crippen molar-refractivity contribution in [1.82, 2.24) is 10.9 Å². The Hall–Kier alpha value is -3.02. The fourth-order valence-electron chi connectivity index (χ4n) is 1.88. The maximum Gasteiger partial charge on any atom is 0.425 e. The van der Waals surface area contributed by atoms with Gasteiger partial charge in [-0.25, -0.2) is 10.2 Å². The molecule has 0 spiro atoms. The molecule has 23 heavy (non-hydrogen) atoms. The summed E-state index contributed by atoms with van der Waals surface area (Å²) < 4.78 is 9.88. The Bertz CT molecular complexity index is 656. The normalized spacial score (nSPS) is 11.2. The number of carbonyl (C=O) groups excluding carboxylic acids is 2. The molecular weight excluding hydrogens is 296 g/mol. The SMILES string of the molecule is COC(=O)NNC(=O)C(C)Oc1ccc(-c2ccccc2)cc1. The topological polar surface area (TPSA) is 76.7 Å². The van der Waals surface area contributed by atoms with Crippen LogP contribution >= 0.6 is 0 Å². The zero-order valence-corrected chi connectivity index (χ0v) is 12.9. The van der Waals surface area contributed by atoms with Crippen LogP contribution in [0.2, 0.25) is 0 Å². The van der Waals surface area contributed by atoms with Crippen molar-refractivity contribution in [3.63, 3.8) is 0 Å². The predicted molar refractivity (Wildman–Crippen MR) is 85.7 cm³/mol. The molecule has 0 aliphatic heterocycles. The smallest absolute Gasteiger partial charge is 0.425 e. The van der Waals surface area contributed by atoms with E-state index in [9.17, 15) is 9.59 Å². The molecule has 0 aromatic heterocycles. The van der Waals surface area contributed by atoms with Crippen LogP contribution in [0.15, 0.2) is 54.6 Å². The van der Waals surface area contributed by atoms with Gasteiger partial charge in [0.25, 0.3) is 5.91 Å². The van der Waals surface area contributed by atoms with Gasteiger partial charge in [-0.1, -0.05) is 42.5 Å². The summed E-state index contributed by atoms with van der Waals surface area (Å²) in [5.74, 6) is 0.0768. The van der Waals surface area contributed by atoms with E-state index >= 15 is 0 Å². The first kappa shape index (κ1) is 16.4. The van der Waals surface area contributed by atoms with Crippen LogP contribution in [0, 0.1) is 0 Å². The Morgan fingerprint density at radius 1 is 0.913 bits per heavy atom. The first-order valence-corrected chi connectivity index (χ1v) is 7.06. The summed E-state index contributed by atoms with van der Waals surface area (Å²) in [6, 6.07) is 17.4. The van der Waals surface area contributed by atoms with Gasteiger partial charge in [0, 0.05) is 0 Å². The molecule has 0 aliphatic carbocycles. The van der Waals surface area contributed by atoms with Crippen LogP contribution in [-0.2, 0) is 9.53 Å². The van der Waals surface area contributed by atoms with Crippen LogP contribution in [0.25, 0.3) is 11.1 Å². The molecule has 2 aromatic carbocycles. The lowest BCUT2D eigenvalue weighted by Gasteiger charge is -2.15. The second-order valence-corrected chi connectivity index (χ2v) is 4.76. The lowest BCUT2D eigenvalue weighted by molar-refractivity contribution is -0.128. The van der Waals surface area contributed by atoms with E-state index in [1.165, 1.54) is 7.11 Å². The van der Waals surface area contributed by atoms with E-state index in [1.54, 1.807) is 19.1 Å². The molecule has 2 rings (SSSR count). The number of amides is 2. The summed E-state index contributed by atoms with van der Waals surface area (Å²) in [4.78, 5) is 22.6. The van der Waals surface area contributed by atoms with Crippen molar-refractivity contribution >= 4 is 12.0 Å². The van der Waals surface area contributed by atoms with Crippen molar-refractivity contribution in [2.75, 3.05) is 7.11 Å². The van der Waals surface area contributed by atoms with Crippen LogP contribution in [0.1, 0.15) is 6.92 Å². The van der Waals surface area contributed by atoms with E-state index in [0.717, 1.165) is 11.1 Å². The van der Waals surface area contributed by atoms with Gasteiger partial charge in [0.05, 0.1) is 7.11 Å². The first-order valence-electron chi connectivity index (χ1n) is 7.06. The minimum absolute atomic E-state index is 0.484. The van der Waals surface area contributed by atoms with Crippen molar-refractivity contribution in [3.05, 3.63) is 54.6 Å².